The fourth-order valence-electron chi connectivity index (χ4n) is 4.22. The molecule has 2 heterocycles. The van der Waals surface area contributed by atoms with Gasteiger partial charge in [0.2, 0.25) is 5.91 Å². The number of hydrogen-bond donors (Lipinski definition) is 1. The highest BCUT2D eigenvalue weighted by Gasteiger charge is 2.40. The maximum absolute atomic E-state index is 12.7. The summed E-state index contributed by atoms with van der Waals surface area (Å²) in [6.07, 6.45) is 8.20. The number of nitrogens with one attached hydrogen (secondary N) is 1. The lowest BCUT2D eigenvalue weighted by Gasteiger charge is -2.27. The number of aromatic nitrogens is 1. The second-order valence-corrected chi connectivity index (χ2v) is 7.95. The number of rotatable bonds is 6. The highest BCUT2D eigenvalue weighted by Crippen LogP contribution is 2.38. The molecule has 1 saturated heterocycles. The molecule has 31 heavy (non-hydrogen) atoms. The van der Waals surface area contributed by atoms with Crippen molar-refractivity contribution in [2.75, 3.05) is 14.2 Å². The fourth-order valence-corrected chi connectivity index (χ4v) is 4.22. The number of methoxy groups -OCH3 is 1. The third kappa shape index (κ3) is 4.64. The van der Waals surface area contributed by atoms with Gasteiger partial charge in [-0.2, -0.15) is 5.01 Å². The topological polar surface area (TPSA) is 84.0 Å². The Labute approximate surface area is 182 Å². The number of carbonyl (C=O) groups excluding carboxylic acids is 2. The van der Waals surface area contributed by atoms with E-state index in [1.165, 1.54) is 17.9 Å². The Kier molecular flexibility index (Phi) is 6.36. The van der Waals surface area contributed by atoms with E-state index in [0.717, 1.165) is 24.0 Å². The molecular weight excluding hydrogens is 396 g/mol. The van der Waals surface area contributed by atoms with E-state index in [4.69, 9.17) is 9.47 Å². The average Bonchev–Trinajstić information content (AvgIpc) is 3.40. The lowest BCUT2D eigenvalue weighted by Crippen LogP contribution is -2.47. The number of ether oxygens (including phenoxy) is 2. The first-order valence-corrected chi connectivity index (χ1v) is 10.6. The van der Waals surface area contributed by atoms with Crippen LogP contribution < -0.4 is 14.8 Å². The molecule has 1 saturated carbocycles. The molecule has 1 unspecified atom stereocenters. The van der Waals surface area contributed by atoms with E-state index in [0.29, 0.717) is 18.0 Å². The number of imide groups is 1. The molecule has 0 bridgehead atoms. The molecule has 1 aromatic carbocycles. The Morgan fingerprint density at radius 3 is 2.74 bits per heavy atom. The Morgan fingerprint density at radius 2 is 2.03 bits per heavy atom. The minimum absolute atomic E-state index is 0.196. The van der Waals surface area contributed by atoms with Gasteiger partial charge in [-0.25, -0.2) is 9.80 Å². The summed E-state index contributed by atoms with van der Waals surface area (Å²) in [5.74, 6) is 1.12. The highest BCUT2D eigenvalue weighted by atomic mass is 16.5. The minimum atomic E-state index is -0.449. The maximum Gasteiger partial charge on any atom is 0.339 e. The quantitative estimate of drug-likeness (QED) is 0.765. The van der Waals surface area contributed by atoms with Gasteiger partial charge in [0.25, 0.3) is 0 Å². The van der Waals surface area contributed by atoms with Crippen LogP contribution in [0.15, 0.2) is 42.7 Å². The van der Waals surface area contributed by atoms with Crippen molar-refractivity contribution in [1.82, 2.24) is 20.3 Å². The Morgan fingerprint density at radius 1 is 1.23 bits per heavy atom. The van der Waals surface area contributed by atoms with Gasteiger partial charge in [0.15, 0.2) is 11.5 Å². The summed E-state index contributed by atoms with van der Waals surface area (Å²) in [5.41, 5.74) is 1.78. The van der Waals surface area contributed by atoms with Gasteiger partial charge in [-0.15, -0.1) is 0 Å². The van der Waals surface area contributed by atoms with E-state index in [1.54, 1.807) is 37.6 Å². The monoisotopic (exact) mass is 424 g/mol. The van der Waals surface area contributed by atoms with E-state index in [2.05, 4.69) is 10.3 Å². The summed E-state index contributed by atoms with van der Waals surface area (Å²) in [5, 5.41) is 5.64. The Bertz CT molecular complexity index is 930. The van der Waals surface area contributed by atoms with Crippen molar-refractivity contribution in [3.63, 3.8) is 0 Å². The SMILES string of the molecule is COc1ccc(C2CC(=O)N(C(=O)NCc3cccnc3)N2C)cc1OC1CCCC1. The zero-order chi connectivity index (χ0) is 21.8. The molecule has 1 aliphatic carbocycles. The number of pyridine rings is 1. The number of benzene rings is 1. The third-order valence-corrected chi connectivity index (χ3v) is 5.90. The number of nitrogens with zero attached hydrogens (tertiary/aromatic N) is 3. The molecule has 3 amide bonds. The van der Waals surface area contributed by atoms with E-state index in [9.17, 15) is 9.59 Å². The van der Waals surface area contributed by atoms with Crippen molar-refractivity contribution < 1.29 is 19.1 Å². The number of hydrogen-bond acceptors (Lipinski definition) is 6. The van der Waals surface area contributed by atoms with Gasteiger partial charge in [0, 0.05) is 26.0 Å². The van der Waals surface area contributed by atoms with E-state index in [1.807, 2.05) is 24.3 Å². The molecule has 0 radical (unpaired) electrons. The summed E-state index contributed by atoms with van der Waals surface area (Å²) in [6.45, 7) is 0.302. The molecule has 8 nitrogen and oxygen atoms in total. The number of amides is 3. The molecule has 2 aromatic rings. The lowest BCUT2D eigenvalue weighted by molar-refractivity contribution is -0.131. The van der Waals surface area contributed by atoms with Crippen LogP contribution in [0.5, 0.6) is 11.5 Å². The molecule has 2 fully saturated rings. The van der Waals surface area contributed by atoms with Crippen LogP contribution in [0.25, 0.3) is 0 Å². The van der Waals surface area contributed by atoms with Crippen LogP contribution in [-0.4, -0.2) is 47.2 Å². The summed E-state index contributed by atoms with van der Waals surface area (Å²) in [4.78, 5) is 29.4. The molecule has 8 heteroatoms. The van der Waals surface area contributed by atoms with E-state index in [-0.39, 0.29) is 24.5 Å². The first-order valence-electron chi connectivity index (χ1n) is 10.6. The number of carbonyl (C=O) groups is 2. The molecule has 0 spiro atoms. The van der Waals surface area contributed by atoms with Gasteiger partial charge in [0.1, 0.15) is 0 Å². The van der Waals surface area contributed by atoms with Crippen molar-refractivity contribution in [3.05, 3.63) is 53.9 Å². The van der Waals surface area contributed by atoms with Crippen molar-refractivity contribution in [2.24, 2.45) is 0 Å². The summed E-state index contributed by atoms with van der Waals surface area (Å²) in [7, 11) is 3.37. The molecule has 2 aliphatic rings. The predicted molar refractivity (Wildman–Crippen MR) is 114 cm³/mol. The van der Waals surface area contributed by atoms with Crippen LogP contribution in [0, 0.1) is 0 Å². The average molecular weight is 425 g/mol. The zero-order valence-electron chi connectivity index (χ0n) is 17.9. The largest absolute Gasteiger partial charge is 0.493 e. The van der Waals surface area contributed by atoms with Crippen LogP contribution in [-0.2, 0) is 11.3 Å². The smallest absolute Gasteiger partial charge is 0.339 e. The van der Waals surface area contributed by atoms with Crippen LogP contribution in [0.4, 0.5) is 4.79 Å². The zero-order valence-corrected chi connectivity index (χ0v) is 17.9. The standard InChI is InChI=1S/C23H28N4O4/c1-26-19(13-22(28)27(26)23(29)25-15-16-6-5-11-24-14-16)17-9-10-20(30-2)21(12-17)31-18-7-3-4-8-18/h5-6,9-12,14,18-19H,3-4,7-8,13,15H2,1-2H3,(H,25,29). The predicted octanol–water partition coefficient (Wildman–Crippen LogP) is 3.44. The highest BCUT2D eigenvalue weighted by molar-refractivity contribution is 5.95. The lowest BCUT2D eigenvalue weighted by atomic mass is 10.0. The van der Waals surface area contributed by atoms with E-state index < -0.39 is 6.03 Å². The van der Waals surface area contributed by atoms with Crippen LogP contribution in [0.3, 0.4) is 0 Å². The van der Waals surface area contributed by atoms with Crippen LogP contribution in [0.1, 0.15) is 49.3 Å². The molecule has 1 N–H and O–H groups in total. The van der Waals surface area contributed by atoms with Crippen molar-refractivity contribution in [2.45, 2.75) is 50.8 Å². The van der Waals surface area contributed by atoms with Gasteiger partial charge in [-0.1, -0.05) is 12.1 Å². The maximum atomic E-state index is 12.7. The van der Waals surface area contributed by atoms with Crippen LogP contribution in [0.2, 0.25) is 0 Å². The molecular formula is C23H28N4O4. The molecule has 1 aliphatic heterocycles. The summed E-state index contributed by atoms with van der Waals surface area (Å²) in [6, 6.07) is 8.69. The molecule has 4 rings (SSSR count). The fraction of sp³-hybridized carbons (Fsp3) is 0.435. The summed E-state index contributed by atoms with van der Waals surface area (Å²) < 4.78 is 11.7. The van der Waals surface area contributed by atoms with Crippen LogP contribution >= 0.6 is 0 Å². The van der Waals surface area contributed by atoms with Gasteiger partial charge in [-0.3, -0.25) is 9.78 Å². The second-order valence-electron chi connectivity index (χ2n) is 7.95. The minimum Gasteiger partial charge on any atom is -0.493 e. The normalized spacial score (nSPS) is 19.6. The first kappa shape index (κ1) is 21.1. The number of hydrazine groups is 1. The molecule has 1 atom stereocenters. The molecule has 164 valence electrons. The van der Waals surface area contributed by atoms with Gasteiger partial charge >= 0.3 is 6.03 Å². The third-order valence-electron chi connectivity index (χ3n) is 5.90. The number of urea groups is 1. The van der Waals surface area contributed by atoms with Crippen molar-refractivity contribution in [1.29, 1.82) is 0 Å². The first-order chi connectivity index (χ1) is 15.1. The van der Waals surface area contributed by atoms with Gasteiger partial charge in [-0.05, 0) is 55.0 Å². The summed E-state index contributed by atoms with van der Waals surface area (Å²) >= 11 is 0. The van der Waals surface area contributed by atoms with E-state index >= 15 is 0 Å². The Hall–Kier alpha value is -3.13. The van der Waals surface area contributed by atoms with Gasteiger partial charge in [0.05, 0.1) is 25.7 Å². The second kappa shape index (κ2) is 9.34. The van der Waals surface area contributed by atoms with Crippen molar-refractivity contribution in [3.8, 4) is 11.5 Å². The Balaban J connectivity index is 1.47. The van der Waals surface area contributed by atoms with Crippen molar-refractivity contribution >= 4 is 11.9 Å². The van der Waals surface area contributed by atoms with Gasteiger partial charge < -0.3 is 14.8 Å². The molecule has 1 aromatic heterocycles.